The lowest BCUT2D eigenvalue weighted by molar-refractivity contribution is 1.35. The maximum absolute atomic E-state index is 3.87. The van der Waals surface area contributed by atoms with Crippen LogP contribution >= 0.6 is 0 Å². The first-order valence-corrected chi connectivity index (χ1v) is 2.25. The summed E-state index contributed by atoms with van der Waals surface area (Å²) in [6, 6.07) is 0. The van der Waals surface area contributed by atoms with Crippen LogP contribution in [0.25, 0.3) is 0 Å². The summed E-state index contributed by atoms with van der Waals surface area (Å²) in [7, 11) is 1.87. The molecule has 0 amide bonds. The average Bonchev–Trinajstić information content (AvgIpc) is 1.61. The maximum atomic E-state index is 3.87. The summed E-state index contributed by atoms with van der Waals surface area (Å²) in [5, 5.41) is 0. The second kappa shape index (κ2) is 3.66. The van der Waals surface area contributed by atoms with E-state index in [-0.39, 0.29) is 0 Å². The molecule has 0 bridgehead atoms. The van der Waals surface area contributed by atoms with Crippen molar-refractivity contribution in [2.75, 3.05) is 0 Å². The number of allylic oxidation sites excluding steroid dienone is 1. The second-order valence-electron chi connectivity index (χ2n) is 1.35. The zero-order chi connectivity index (χ0) is 5.70. The molecule has 0 N–H and O–H groups in total. The molecule has 0 aromatic carbocycles. The van der Waals surface area contributed by atoms with Crippen molar-refractivity contribution in [2.45, 2.75) is 13.7 Å². The molecule has 0 rings (SSSR count). The Morgan fingerprint density at radius 2 is 2.43 bits per heavy atom. The third kappa shape index (κ3) is 5.47. The van der Waals surface area contributed by atoms with Crippen LogP contribution < -0.4 is 0 Å². The Balaban J connectivity index is 3.26. The molecular formula is C5H9BN. The summed E-state index contributed by atoms with van der Waals surface area (Å²) in [5.41, 5.74) is 0.845. The van der Waals surface area contributed by atoms with Crippen LogP contribution in [0.5, 0.6) is 0 Å². The highest BCUT2D eigenvalue weighted by Gasteiger charge is 1.70. The van der Waals surface area contributed by atoms with E-state index in [9.17, 15) is 0 Å². The first kappa shape index (κ1) is 6.47. The third-order valence-electron chi connectivity index (χ3n) is 0.444. The highest BCUT2D eigenvalue weighted by Crippen LogP contribution is 1.82. The van der Waals surface area contributed by atoms with Crippen LogP contribution in [0.2, 0.25) is 6.82 Å². The fourth-order valence-electron chi connectivity index (χ4n) is 0.202. The van der Waals surface area contributed by atoms with Crippen molar-refractivity contribution in [2.24, 2.45) is 4.99 Å². The van der Waals surface area contributed by atoms with Crippen molar-refractivity contribution in [1.29, 1.82) is 0 Å². The minimum absolute atomic E-state index is 0.845. The molecule has 7 heavy (non-hydrogen) atoms. The highest BCUT2D eigenvalue weighted by molar-refractivity contribution is 6.66. The first-order chi connectivity index (χ1) is 3.27. The molecule has 0 aromatic heterocycles. The lowest BCUT2D eigenvalue weighted by atomic mass is 9.85. The van der Waals surface area contributed by atoms with E-state index in [1.54, 1.807) is 6.11 Å². The Morgan fingerprint density at radius 1 is 1.86 bits per heavy atom. The van der Waals surface area contributed by atoms with E-state index in [0.717, 1.165) is 5.70 Å². The summed E-state index contributed by atoms with van der Waals surface area (Å²) in [5.74, 6) is 0. The minimum atomic E-state index is 0.845. The molecule has 0 unspecified atom stereocenters. The molecule has 0 aliphatic carbocycles. The van der Waals surface area contributed by atoms with Gasteiger partial charge in [-0.15, -0.1) is 0 Å². The molecular weight excluding hydrogens is 84.9 g/mol. The molecule has 0 atom stereocenters. The molecule has 0 fully saturated rings. The van der Waals surface area contributed by atoms with Gasteiger partial charge >= 0.3 is 0 Å². The first-order valence-electron chi connectivity index (χ1n) is 2.25. The predicted molar refractivity (Wildman–Crippen MR) is 34.9 cm³/mol. The van der Waals surface area contributed by atoms with Crippen molar-refractivity contribution < 1.29 is 0 Å². The topological polar surface area (TPSA) is 12.4 Å². The zero-order valence-electron chi connectivity index (χ0n) is 4.81. The standard InChI is InChI=1S/C5H9BN/c1-5(2)7-4-6-3/h4H,1H2,2-3H3. The molecule has 0 aromatic rings. The number of nitrogens with zero attached hydrogens (tertiary/aromatic N) is 1. The highest BCUT2D eigenvalue weighted by atomic mass is 14.7. The van der Waals surface area contributed by atoms with Crippen LogP contribution in [-0.4, -0.2) is 13.4 Å². The Kier molecular flexibility index (Phi) is 3.38. The second-order valence-corrected chi connectivity index (χ2v) is 1.35. The lowest BCUT2D eigenvalue weighted by Gasteiger charge is -1.79. The van der Waals surface area contributed by atoms with Gasteiger partial charge in [0.05, 0.1) is 0 Å². The molecule has 0 saturated carbocycles. The van der Waals surface area contributed by atoms with E-state index in [4.69, 9.17) is 0 Å². The van der Waals surface area contributed by atoms with Crippen LogP contribution in [0.15, 0.2) is 17.3 Å². The van der Waals surface area contributed by atoms with Gasteiger partial charge in [-0.2, -0.15) is 0 Å². The van der Waals surface area contributed by atoms with Gasteiger partial charge < -0.3 is 0 Å². The van der Waals surface area contributed by atoms with E-state index < -0.39 is 0 Å². The normalized spacial score (nSPS) is 9.43. The number of aliphatic imine (C=N–C) groups is 1. The summed E-state index contributed by atoms with van der Waals surface area (Å²) >= 11 is 0. The quantitative estimate of drug-likeness (QED) is 0.361. The van der Waals surface area contributed by atoms with Crippen LogP contribution in [-0.2, 0) is 0 Å². The van der Waals surface area contributed by atoms with Crippen LogP contribution in [0, 0.1) is 0 Å². The largest absolute Gasteiger partial charge is 0.277 e. The van der Waals surface area contributed by atoms with Gasteiger partial charge in [0.2, 0.25) is 0 Å². The Morgan fingerprint density at radius 3 is 2.57 bits per heavy atom. The molecule has 0 spiro atoms. The van der Waals surface area contributed by atoms with Crippen molar-refractivity contribution in [3.63, 3.8) is 0 Å². The molecule has 0 heterocycles. The minimum Gasteiger partial charge on any atom is -0.277 e. The third-order valence-corrected chi connectivity index (χ3v) is 0.444. The molecule has 0 saturated heterocycles. The molecule has 0 aliphatic rings. The predicted octanol–water partition coefficient (Wildman–Crippen LogP) is 1.30. The fourth-order valence-corrected chi connectivity index (χ4v) is 0.202. The molecule has 0 aliphatic heterocycles. The molecule has 1 radical (unpaired) electrons. The SMILES string of the molecule is C=C(C)N=C[B]C. The van der Waals surface area contributed by atoms with E-state index in [0.29, 0.717) is 0 Å². The van der Waals surface area contributed by atoms with Crippen LogP contribution in [0.1, 0.15) is 6.92 Å². The van der Waals surface area contributed by atoms with Gasteiger partial charge in [-0.05, 0) is 13.0 Å². The number of rotatable bonds is 2. The van der Waals surface area contributed by atoms with Crippen molar-refractivity contribution in [3.8, 4) is 0 Å². The monoisotopic (exact) mass is 94.1 g/mol. The van der Waals surface area contributed by atoms with E-state index in [2.05, 4.69) is 11.6 Å². The smallest absolute Gasteiger partial charge is 0.163 e. The number of hydrogen-bond donors (Lipinski definition) is 0. The Labute approximate surface area is 45.4 Å². The molecule has 1 nitrogen and oxygen atoms in total. The lowest BCUT2D eigenvalue weighted by Crippen LogP contribution is -1.80. The Bertz CT molecular complexity index is 86.1. The molecule has 2 heteroatoms. The van der Waals surface area contributed by atoms with E-state index >= 15 is 0 Å². The van der Waals surface area contributed by atoms with Gasteiger partial charge in [0.1, 0.15) is 0 Å². The van der Waals surface area contributed by atoms with Crippen molar-refractivity contribution >= 4 is 13.4 Å². The van der Waals surface area contributed by atoms with Crippen LogP contribution in [0.3, 0.4) is 0 Å². The van der Waals surface area contributed by atoms with Gasteiger partial charge in [0.25, 0.3) is 0 Å². The van der Waals surface area contributed by atoms with Gasteiger partial charge in [-0.25, -0.2) is 0 Å². The van der Waals surface area contributed by atoms with Crippen LogP contribution in [0.4, 0.5) is 0 Å². The van der Waals surface area contributed by atoms with Gasteiger partial charge in [-0.1, -0.05) is 13.4 Å². The van der Waals surface area contributed by atoms with Crippen molar-refractivity contribution in [3.05, 3.63) is 12.3 Å². The zero-order valence-corrected chi connectivity index (χ0v) is 4.81. The Hall–Kier alpha value is -0.525. The molecule has 37 valence electrons. The summed E-state index contributed by atoms with van der Waals surface area (Å²) in [6.45, 7) is 7.36. The van der Waals surface area contributed by atoms with Gasteiger partial charge in [-0.3, -0.25) is 4.99 Å². The maximum Gasteiger partial charge on any atom is 0.163 e. The van der Waals surface area contributed by atoms with Crippen molar-refractivity contribution in [1.82, 2.24) is 0 Å². The van der Waals surface area contributed by atoms with E-state index in [1.165, 1.54) is 0 Å². The average molecular weight is 93.9 g/mol. The summed E-state index contributed by atoms with van der Waals surface area (Å²) in [6.07, 6.45) is 1.72. The fraction of sp³-hybridized carbons (Fsp3) is 0.400. The van der Waals surface area contributed by atoms with Gasteiger partial charge in [0.15, 0.2) is 7.28 Å². The van der Waals surface area contributed by atoms with Gasteiger partial charge in [0, 0.05) is 5.70 Å². The number of hydrogen-bond acceptors (Lipinski definition) is 1. The summed E-state index contributed by atoms with van der Waals surface area (Å²) in [4.78, 5) is 3.87. The van der Waals surface area contributed by atoms with E-state index in [1.807, 2.05) is 21.0 Å². The summed E-state index contributed by atoms with van der Waals surface area (Å²) < 4.78 is 0.